The third kappa shape index (κ3) is 5.57. The first kappa shape index (κ1) is 21.8. The molecule has 3 rings (SSSR count). The van der Waals surface area contributed by atoms with Crippen LogP contribution in [0.15, 0.2) is 42.5 Å². The van der Waals surface area contributed by atoms with Crippen molar-refractivity contribution in [2.75, 3.05) is 38.5 Å². The third-order valence-corrected chi connectivity index (χ3v) is 5.52. The Kier molecular flexibility index (Phi) is 7.41. The number of rotatable bonds is 6. The van der Waals surface area contributed by atoms with E-state index in [9.17, 15) is 14.0 Å². The summed E-state index contributed by atoms with van der Waals surface area (Å²) >= 11 is 0. The fourth-order valence-corrected chi connectivity index (χ4v) is 3.69. The van der Waals surface area contributed by atoms with Gasteiger partial charge in [-0.25, -0.2) is 9.18 Å². The van der Waals surface area contributed by atoms with Gasteiger partial charge in [0.25, 0.3) is 5.91 Å². The molecule has 3 amide bonds. The first-order chi connectivity index (χ1) is 14.5. The normalized spacial score (nSPS) is 14.4. The van der Waals surface area contributed by atoms with Crippen LogP contribution in [0.1, 0.15) is 40.2 Å². The van der Waals surface area contributed by atoms with E-state index in [2.05, 4.69) is 16.0 Å². The number of nitrogens with one attached hydrogen (secondary N) is 3. The molecule has 0 radical (unpaired) electrons. The minimum Gasteiger partial charge on any atom is -0.339 e. The van der Waals surface area contributed by atoms with Gasteiger partial charge >= 0.3 is 6.03 Å². The van der Waals surface area contributed by atoms with Gasteiger partial charge in [-0.3, -0.25) is 4.79 Å². The Balaban J connectivity index is 1.60. The predicted molar refractivity (Wildman–Crippen MR) is 116 cm³/mol. The zero-order valence-corrected chi connectivity index (χ0v) is 17.5. The summed E-state index contributed by atoms with van der Waals surface area (Å²) in [5, 5.41) is 8.55. The summed E-state index contributed by atoms with van der Waals surface area (Å²) < 4.78 is 13.1. The number of hydrogen-bond acceptors (Lipinski definition) is 3. The molecule has 2 aromatic carbocycles. The van der Waals surface area contributed by atoms with Crippen molar-refractivity contribution in [3.8, 4) is 0 Å². The van der Waals surface area contributed by atoms with Crippen molar-refractivity contribution >= 4 is 17.6 Å². The molecule has 6 nitrogen and oxygen atoms in total. The number of carbonyl (C=O) groups excluding carboxylic acids is 2. The molecule has 7 heteroatoms. The maximum Gasteiger partial charge on any atom is 0.319 e. The summed E-state index contributed by atoms with van der Waals surface area (Å²) in [7, 11) is 1.82. The lowest BCUT2D eigenvalue weighted by atomic mass is 9.89. The Hall–Kier alpha value is -2.93. The van der Waals surface area contributed by atoms with Gasteiger partial charge in [0.2, 0.25) is 0 Å². The molecule has 1 fully saturated rings. The lowest BCUT2D eigenvalue weighted by Gasteiger charge is -2.32. The van der Waals surface area contributed by atoms with Crippen molar-refractivity contribution in [2.24, 2.45) is 0 Å². The Morgan fingerprint density at radius 2 is 1.77 bits per heavy atom. The molecule has 1 aliphatic rings. The summed E-state index contributed by atoms with van der Waals surface area (Å²) in [4.78, 5) is 26.9. The highest BCUT2D eigenvalue weighted by Gasteiger charge is 2.25. The summed E-state index contributed by atoms with van der Waals surface area (Å²) in [6, 6.07) is 11.7. The number of urea groups is 1. The van der Waals surface area contributed by atoms with Crippen LogP contribution in [0.4, 0.5) is 14.9 Å². The van der Waals surface area contributed by atoms with E-state index in [0.717, 1.165) is 24.0 Å². The Morgan fingerprint density at radius 3 is 2.43 bits per heavy atom. The van der Waals surface area contributed by atoms with E-state index in [4.69, 9.17) is 0 Å². The Bertz CT molecular complexity index is 877. The first-order valence-electron chi connectivity index (χ1n) is 10.3. The predicted octanol–water partition coefficient (Wildman–Crippen LogP) is 3.49. The van der Waals surface area contributed by atoms with E-state index >= 15 is 0 Å². The number of piperidine rings is 1. The van der Waals surface area contributed by atoms with E-state index in [1.54, 1.807) is 12.1 Å². The fraction of sp³-hybridized carbons (Fsp3) is 0.391. The smallest absolute Gasteiger partial charge is 0.319 e. The van der Waals surface area contributed by atoms with E-state index in [0.29, 0.717) is 43.3 Å². The quantitative estimate of drug-likeness (QED) is 0.636. The van der Waals surface area contributed by atoms with Crippen molar-refractivity contribution in [1.82, 2.24) is 15.5 Å². The number of likely N-dealkylation sites (tertiary alicyclic amines) is 1. The van der Waals surface area contributed by atoms with Crippen LogP contribution in [0.25, 0.3) is 0 Å². The summed E-state index contributed by atoms with van der Waals surface area (Å²) in [6.45, 7) is 4.40. The molecule has 3 N–H and O–H groups in total. The van der Waals surface area contributed by atoms with Crippen LogP contribution >= 0.6 is 0 Å². The Morgan fingerprint density at radius 1 is 1.07 bits per heavy atom. The molecule has 0 aliphatic carbocycles. The van der Waals surface area contributed by atoms with Crippen LogP contribution in [-0.4, -0.2) is 50.1 Å². The zero-order valence-electron chi connectivity index (χ0n) is 17.5. The van der Waals surface area contributed by atoms with E-state index < -0.39 is 0 Å². The second kappa shape index (κ2) is 10.2. The number of amides is 3. The lowest BCUT2D eigenvalue weighted by molar-refractivity contribution is 0.0713. The zero-order chi connectivity index (χ0) is 21.5. The van der Waals surface area contributed by atoms with E-state index in [1.165, 1.54) is 12.1 Å². The van der Waals surface area contributed by atoms with Crippen molar-refractivity contribution < 1.29 is 14.0 Å². The summed E-state index contributed by atoms with van der Waals surface area (Å²) in [5.41, 5.74) is 3.20. The van der Waals surface area contributed by atoms with Gasteiger partial charge in [-0.05, 0) is 68.1 Å². The molecule has 1 aliphatic heterocycles. The van der Waals surface area contributed by atoms with Gasteiger partial charge in [0.05, 0.1) is 0 Å². The van der Waals surface area contributed by atoms with Crippen molar-refractivity contribution in [3.05, 3.63) is 65.0 Å². The van der Waals surface area contributed by atoms with Gasteiger partial charge in [0.1, 0.15) is 5.82 Å². The molecule has 1 heterocycles. The molecule has 30 heavy (non-hydrogen) atoms. The molecule has 0 bridgehead atoms. The lowest BCUT2D eigenvalue weighted by Crippen LogP contribution is -2.38. The molecule has 0 aromatic heterocycles. The molecule has 160 valence electrons. The number of likely N-dealkylation sites (N-methyl/N-ethyl adjacent to an activating group) is 1. The largest absolute Gasteiger partial charge is 0.339 e. The molecule has 0 spiro atoms. The van der Waals surface area contributed by atoms with Crippen LogP contribution in [0.5, 0.6) is 0 Å². The van der Waals surface area contributed by atoms with Crippen molar-refractivity contribution in [1.29, 1.82) is 0 Å². The molecule has 2 aromatic rings. The first-order valence-corrected chi connectivity index (χ1v) is 10.3. The van der Waals surface area contributed by atoms with Crippen LogP contribution in [0, 0.1) is 12.7 Å². The van der Waals surface area contributed by atoms with Gasteiger partial charge in [-0.2, -0.15) is 0 Å². The van der Waals surface area contributed by atoms with Crippen LogP contribution in [0.2, 0.25) is 0 Å². The SMILES string of the molecule is CNCCNC(=O)Nc1cc(C(=O)N2CCC(c3ccc(F)cc3)CC2)ccc1C. The Labute approximate surface area is 176 Å². The summed E-state index contributed by atoms with van der Waals surface area (Å²) in [6.07, 6.45) is 1.70. The number of anilines is 1. The second-order valence-corrected chi connectivity index (χ2v) is 7.63. The van der Waals surface area contributed by atoms with Gasteiger partial charge in [-0.1, -0.05) is 18.2 Å². The topological polar surface area (TPSA) is 73.5 Å². The van der Waals surface area contributed by atoms with Gasteiger partial charge in [-0.15, -0.1) is 0 Å². The number of nitrogens with zero attached hydrogens (tertiary/aromatic N) is 1. The second-order valence-electron chi connectivity index (χ2n) is 7.63. The van der Waals surface area contributed by atoms with Crippen LogP contribution < -0.4 is 16.0 Å². The maximum absolute atomic E-state index is 13.1. The highest BCUT2D eigenvalue weighted by atomic mass is 19.1. The van der Waals surface area contributed by atoms with E-state index in [-0.39, 0.29) is 17.8 Å². The van der Waals surface area contributed by atoms with Crippen molar-refractivity contribution in [2.45, 2.75) is 25.7 Å². The fourth-order valence-electron chi connectivity index (χ4n) is 3.69. The number of carbonyl (C=O) groups is 2. The monoisotopic (exact) mass is 412 g/mol. The highest BCUT2D eigenvalue weighted by molar-refractivity contribution is 5.97. The minimum absolute atomic E-state index is 0.0359. The molecule has 0 saturated carbocycles. The van der Waals surface area contributed by atoms with Crippen molar-refractivity contribution in [3.63, 3.8) is 0 Å². The number of aryl methyl sites for hydroxylation is 1. The van der Waals surface area contributed by atoms with Gasteiger partial charge in [0.15, 0.2) is 0 Å². The maximum atomic E-state index is 13.1. The van der Waals surface area contributed by atoms with Gasteiger partial charge < -0.3 is 20.9 Å². The highest BCUT2D eigenvalue weighted by Crippen LogP contribution is 2.29. The average molecular weight is 413 g/mol. The molecule has 0 unspecified atom stereocenters. The number of hydrogen-bond donors (Lipinski definition) is 3. The molecule has 0 atom stereocenters. The minimum atomic E-state index is -0.293. The van der Waals surface area contributed by atoms with Crippen LogP contribution in [0.3, 0.4) is 0 Å². The van der Waals surface area contributed by atoms with Crippen LogP contribution in [-0.2, 0) is 0 Å². The standard InChI is InChI=1S/C23H29FN4O2/c1-16-3-4-19(15-21(16)27-23(30)26-12-11-25-2)22(29)28-13-9-18(10-14-28)17-5-7-20(24)8-6-17/h3-8,15,18,25H,9-14H2,1-2H3,(H2,26,27,30). The van der Waals surface area contributed by atoms with E-state index in [1.807, 2.05) is 37.1 Å². The third-order valence-electron chi connectivity index (χ3n) is 5.52. The van der Waals surface area contributed by atoms with Gasteiger partial charge in [0, 0.05) is 37.4 Å². The number of benzene rings is 2. The molecule has 1 saturated heterocycles. The molecular formula is C23H29FN4O2. The average Bonchev–Trinajstić information content (AvgIpc) is 2.76. The molecular weight excluding hydrogens is 383 g/mol. The number of halogens is 1. The summed E-state index contributed by atoms with van der Waals surface area (Å²) in [5.74, 6) is 0.0725.